The summed E-state index contributed by atoms with van der Waals surface area (Å²) in [5.74, 6) is 0. The minimum Gasteiger partial charge on any atom is -0.314 e. The highest BCUT2D eigenvalue weighted by molar-refractivity contribution is 9.10. The van der Waals surface area contributed by atoms with Crippen LogP contribution in [0.25, 0.3) is 0 Å². The molecule has 0 saturated heterocycles. The monoisotopic (exact) mass is 289 g/mol. The quantitative estimate of drug-likeness (QED) is 0.792. The summed E-state index contributed by atoms with van der Waals surface area (Å²) < 4.78 is 1.27. The van der Waals surface area contributed by atoms with Gasteiger partial charge in [0.05, 0.1) is 0 Å². The van der Waals surface area contributed by atoms with E-state index < -0.39 is 0 Å². The summed E-state index contributed by atoms with van der Waals surface area (Å²) in [4.78, 5) is 1.47. The molecule has 0 spiro atoms. The molecule has 15 heavy (non-hydrogen) atoms. The fourth-order valence-corrected chi connectivity index (χ4v) is 3.26. The molecule has 0 aromatic carbocycles. The van der Waals surface area contributed by atoms with Crippen molar-refractivity contribution in [1.82, 2.24) is 5.32 Å². The lowest BCUT2D eigenvalue weighted by atomic mass is 10.1. The van der Waals surface area contributed by atoms with Crippen LogP contribution in [0.15, 0.2) is 15.9 Å². The largest absolute Gasteiger partial charge is 0.314 e. The van der Waals surface area contributed by atoms with Crippen molar-refractivity contribution in [2.24, 2.45) is 0 Å². The molecular weight excluding hydrogens is 270 g/mol. The zero-order chi connectivity index (χ0) is 11.1. The molecule has 0 amide bonds. The minimum atomic E-state index is 0.643. The van der Waals surface area contributed by atoms with Crippen molar-refractivity contribution < 1.29 is 0 Å². The van der Waals surface area contributed by atoms with Gasteiger partial charge in [-0.3, -0.25) is 0 Å². The van der Waals surface area contributed by atoms with Gasteiger partial charge in [-0.05, 0) is 53.2 Å². The Labute approximate surface area is 105 Å². The minimum absolute atomic E-state index is 0.643. The predicted octanol–water partition coefficient (Wildman–Crippen LogP) is 4.22. The van der Waals surface area contributed by atoms with Gasteiger partial charge in [0.2, 0.25) is 0 Å². The normalized spacial score (nSPS) is 13.0. The van der Waals surface area contributed by atoms with Crippen LogP contribution in [0, 0.1) is 0 Å². The Balaban J connectivity index is 2.46. The van der Waals surface area contributed by atoms with Crippen molar-refractivity contribution in [3.05, 3.63) is 20.8 Å². The number of nitrogens with one attached hydrogen (secondary N) is 1. The summed E-state index contributed by atoms with van der Waals surface area (Å²) in [6.07, 6.45) is 4.90. The molecule has 1 unspecified atom stereocenters. The first-order valence-electron chi connectivity index (χ1n) is 5.73. The van der Waals surface area contributed by atoms with Crippen molar-refractivity contribution in [2.75, 3.05) is 6.54 Å². The second kappa shape index (κ2) is 7.42. The molecule has 1 rings (SSSR count). The molecule has 0 aliphatic rings. The maximum Gasteiger partial charge on any atom is 0.0314 e. The van der Waals surface area contributed by atoms with E-state index in [2.05, 4.69) is 46.5 Å². The first-order chi connectivity index (χ1) is 7.27. The van der Waals surface area contributed by atoms with Crippen molar-refractivity contribution in [2.45, 2.75) is 45.6 Å². The molecule has 0 radical (unpaired) electrons. The van der Waals surface area contributed by atoms with Crippen LogP contribution in [0.1, 0.15) is 38.0 Å². The molecule has 0 aliphatic carbocycles. The van der Waals surface area contributed by atoms with Gasteiger partial charge in [-0.25, -0.2) is 0 Å². The van der Waals surface area contributed by atoms with Crippen LogP contribution < -0.4 is 5.32 Å². The SMILES string of the molecule is CCCNC(CCC)Cc1sccc1Br. The fraction of sp³-hybridized carbons (Fsp3) is 0.667. The summed E-state index contributed by atoms with van der Waals surface area (Å²) in [5, 5.41) is 5.78. The van der Waals surface area contributed by atoms with Crippen molar-refractivity contribution >= 4 is 27.3 Å². The Bertz CT molecular complexity index is 272. The Kier molecular flexibility index (Phi) is 6.53. The average molecular weight is 290 g/mol. The average Bonchev–Trinajstić information content (AvgIpc) is 2.61. The van der Waals surface area contributed by atoms with Crippen LogP contribution in [-0.4, -0.2) is 12.6 Å². The number of thiophene rings is 1. The van der Waals surface area contributed by atoms with Gasteiger partial charge in [-0.2, -0.15) is 0 Å². The molecule has 86 valence electrons. The summed E-state index contributed by atoms with van der Waals surface area (Å²) in [6.45, 7) is 5.61. The summed E-state index contributed by atoms with van der Waals surface area (Å²) >= 11 is 5.45. The van der Waals surface area contributed by atoms with E-state index in [1.165, 1.54) is 28.6 Å². The second-order valence-electron chi connectivity index (χ2n) is 3.84. The van der Waals surface area contributed by atoms with Gasteiger partial charge in [0, 0.05) is 15.4 Å². The van der Waals surface area contributed by atoms with Crippen LogP contribution >= 0.6 is 27.3 Å². The zero-order valence-electron chi connectivity index (χ0n) is 9.55. The first-order valence-corrected chi connectivity index (χ1v) is 7.40. The smallest absolute Gasteiger partial charge is 0.0314 e. The van der Waals surface area contributed by atoms with Gasteiger partial charge in [0.15, 0.2) is 0 Å². The standard InChI is InChI=1S/C12H20BrNS/c1-3-5-10(14-7-4-2)9-12-11(13)6-8-15-12/h6,8,10,14H,3-5,7,9H2,1-2H3. The van der Waals surface area contributed by atoms with Gasteiger partial charge >= 0.3 is 0 Å². The Hall–Kier alpha value is 0.140. The summed E-state index contributed by atoms with van der Waals surface area (Å²) in [6, 6.07) is 2.79. The molecule has 0 saturated carbocycles. The maximum absolute atomic E-state index is 3.62. The van der Waals surface area contributed by atoms with E-state index in [0.29, 0.717) is 6.04 Å². The topological polar surface area (TPSA) is 12.0 Å². The highest BCUT2D eigenvalue weighted by atomic mass is 79.9. The van der Waals surface area contributed by atoms with Crippen LogP contribution in [0.2, 0.25) is 0 Å². The van der Waals surface area contributed by atoms with Gasteiger partial charge in [0.1, 0.15) is 0 Å². The van der Waals surface area contributed by atoms with Crippen molar-refractivity contribution in [3.63, 3.8) is 0 Å². The Morgan fingerprint density at radius 2 is 2.20 bits per heavy atom. The van der Waals surface area contributed by atoms with Crippen LogP contribution in [-0.2, 0) is 6.42 Å². The summed E-state index contributed by atoms with van der Waals surface area (Å²) in [5.41, 5.74) is 0. The molecule has 1 aromatic rings. The summed E-state index contributed by atoms with van der Waals surface area (Å²) in [7, 11) is 0. The lowest BCUT2D eigenvalue weighted by molar-refractivity contribution is 0.475. The number of hydrogen-bond donors (Lipinski definition) is 1. The molecule has 0 fully saturated rings. The molecule has 1 N–H and O–H groups in total. The Morgan fingerprint density at radius 1 is 1.40 bits per heavy atom. The molecule has 1 heterocycles. The van der Waals surface area contributed by atoms with E-state index in [-0.39, 0.29) is 0 Å². The molecular formula is C12H20BrNS. The van der Waals surface area contributed by atoms with E-state index in [4.69, 9.17) is 0 Å². The third kappa shape index (κ3) is 4.66. The van der Waals surface area contributed by atoms with E-state index in [0.717, 1.165) is 13.0 Å². The number of rotatable bonds is 7. The van der Waals surface area contributed by atoms with Crippen molar-refractivity contribution in [1.29, 1.82) is 0 Å². The van der Waals surface area contributed by atoms with Gasteiger partial charge in [-0.15, -0.1) is 11.3 Å². The van der Waals surface area contributed by atoms with Crippen LogP contribution in [0.5, 0.6) is 0 Å². The highest BCUT2D eigenvalue weighted by Gasteiger charge is 2.10. The fourth-order valence-electron chi connectivity index (χ4n) is 1.67. The van der Waals surface area contributed by atoms with E-state index >= 15 is 0 Å². The van der Waals surface area contributed by atoms with E-state index in [1.807, 2.05) is 11.3 Å². The molecule has 0 aliphatic heterocycles. The molecule has 1 aromatic heterocycles. The second-order valence-corrected chi connectivity index (χ2v) is 5.69. The number of hydrogen-bond acceptors (Lipinski definition) is 2. The van der Waals surface area contributed by atoms with Crippen molar-refractivity contribution in [3.8, 4) is 0 Å². The van der Waals surface area contributed by atoms with Gasteiger partial charge in [0.25, 0.3) is 0 Å². The molecule has 3 heteroatoms. The number of halogens is 1. The third-order valence-corrected chi connectivity index (χ3v) is 4.39. The first kappa shape index (κ1) is 13.2. The van der Waals surface area contributed by atoms with E-state index in [9.17, 15) is 0 Å². The van der Waals surface area contributed by atoms with Gasteiger partial charge < -0.3 is 5.32 Å². The Morgan fingerprint density at radius 3 is 2.73 bits per heavy atom. The van der Waals surface area contributed by atoms with Crippen LogP contribution in [0.3, 0.4) is 0 Å². The molecule has 1 nitrogen and oxygen atoms in total. The zero-order valence-corrected chi connectivity index (χ0v) is 12.0. The highest BCUT2D eigenvalue weighted by Crippen LogP contribution is 2.24. The third-order valence-electron chi connectivity index (χ3n) is 2.44. The predicted molar refractivity (Wildman–Crippen MR) is 72.7 cm³/mol. The van der Waals surface area contributed by atoms with Crippen LogP contribution in [0.4, 0.5) is 0 Å². The molecule has 0 bridgehead atoms. The van der Waals surface area contributed by atoms with E-state index in [1.54, 1.807) is 0 Å². The maximum atomic E-state index is 3.62. The lowest BCUT2D eigenvalue weighted by Gasteiger charge is -2.17. The lowest BCUT2D eigenvalue weighted by Crippen LogP contribution is -2.31. The molecule has 1 atom stereocenters. The van der Waals surface area contributed by atoms with Gasteiger partial charge in [-0.1, -0.05) is 20.3 Å².